The van der Waals surface area contributed by atoms with E-state index in [9.17, 15) is 4.39 Å². The van der Waals surface area contributed by atoms with Crippen LogP contribution < -0.4 is 10.2 Å². The maximum Gasteiger partial charge on any atom is 0.206 e. The molecule has 0 amide bonds. The molecule has 0 atom stereocenters. The Morgan fingerprint density at radius 1 is 1.09 bits per heavy atom. The summed E-state index contributed by atoms with van der Waals surface area (Å²) in [6.07, 6.45) is 1.80. The lowest BCUT2D eigenvalue weighted by Crippen LogP contribution is -2.44. The number of hydrogen-bond donors (Lipinski definition) is 1. The average molecular weight is 487 g/mol. The Labute approximate surface area is 201 Å². The predicted molar refractivity (Wildman–Crippen MR) is 132 cm³/mol. The van der Waals surface area contributed by atoms with Crippen LogP contribution in [0.3, 0.4) is 0 Å². The minimum atomic E-state index is -0.425. The zero-order valence-corrected chi connectivity index (χ0v) is 20.0. The van der Waals surface area contributed by atoms with Gasteiger partial charge in [-0.3, -0.25) is 4.68 Å². The monoisotopic (exact) mass is 486 g/mol. The van der Waals surface area contributed by atoms with Gasteiger partial charge in [-0.25, -0.2) is 9.37 Å². The highest BCUT2D eigenvalue weighted by molar-refractivity contribution is 6.32. The number of rotatable bonds is 5. The Morgan fingerprint density at radius 3 is 2.61 bits per heavy atom. The molecule has 1 saturated heterocycles. The van der Waals surface area contributed by atoms with Crippen molar-refractivity contribution in [1.82, 2.24) is 24.6 Å². The van der Waals surface area contributed by atoms with Crippen LogP contribution in [0.15, 0.2) is 42.6 Å². The van der Waals surface area contributed by atoms with Crippen molar-refractivity contribution in [1.29, 1.82) is 0 Å². The molecule has 0 radical (unpaired) electrons. The summed E-state index contributed by atoms with van der Waals surface area (Å²) in [5, 5.41) is 8.63. The van der Waals surface area contributed by atoms with Crippen LogP contribution in [0, 0.1) is 5.82 Å². The summed E-state index contributed by atoms with van der Waals surface area (Å²) in [5.41, 5.74) is 4.59. The lowest BCUT2D eigenvalue weighted by atomic mass is 10.1. The second-order valence-corrected chi connectivity index (χ2v) is 9.40. The van der Waals surface area contributed by atoms with Gasteiger partial charge in [0.2, 0.25) is 5.95 Å². The van der Waals surface area contributed by atoms with Crippen LogP contribution in [0.4, 0.5) is 10.3 Å². The Morgan fingerprint density at radius 2 is 1.88 bits per heavy atom. The molecule has 4 aromatic rings. The number of imidazole rings is 1. The molecule has 9 heteroatoms. The van der Waals surface area contributed by atoms with E-state index >= 15 is 0 Å². The highest BCUT2D eigenvalue weighted by Gasteiger charge is 2.23. The summed E-state index contributed by atoms with van der Waals surface area (Å²) in [6.45, 7) is 8.17. The molecule has 1 aliphatic rings. The van der Waals surface area contributed by atoms with Crippen LogP contribution >= 0.6 is 23.2 Å². The first-order valence-corrected chi connectivity index (χ1v) is 11.8. The van der Waals surface area contributed by atoms with E-state index in [0.717, 1.165) is 60.0 Å². The van der Waals surface area contributed by atoms with E-state index in [1.807, 2.05) is 22.9 Å². The minimum absolute atomic E-state index is 0.111. The number of nitrogens with one attached hydrogen (secondary N) is 1. The molecule has 0 unspecified atom stereocenters. The quantitative estimate of drug-likeness (QED) is 0.411. The topological polar surface area (TPSA) is 50.9 Å². The number of piperazine rings is 1. The molecule has 3 heterocycles. The van der Waals surface area contributed by atoms with Gasteiger partial charge < -0.3 is 14.8 Å². The molecule has 1 fully saturated rings. The van der Waals surface area contributed by atoms with E-state index in [0.29, 0.717) is 11.6 Å². The SMILES string of the molecule is CC(C)n1nccc1-c1cc(Cl)cc2c1nc(N1CCNCC1)n2Cc1ccc(F)c(Cl)c1. The third kappa shape index (κ3) is 4.21. The zero-order valence-electron chi connectivity index (χ0n) is 18.5. The molecule has 2 aromatic carbocycles. The van der Waals surface area contributed by atoms with Crippen molar-refractivity contribution in [2.45, 2.75) is 26.4 Å². The second kappa shape index (κ2) is 8.97. The van der Waals surface area contributed by atoms with Gasteiger partial charge in [0.25, 0.3) is 0 Å². The number of aromatic nitrogens is 4. The van der Waals surface area contributed by atoms with Crippen LogP contribution in [0.5, 0.6) is 0 Å². The first-order valence-electron chi connectivity index (χ1n) is 11.1. The summed E-state index contributed by atoms with van der Waals surface area (Å²) in [4.78, 5) is 7.40. The van der Waals surface area contributed by atoms with Gasteiger partial charge in [-0.1, -0.05) is 29.3 Å². The van der Waals surface area contributed by atoms with Crippen molar-refractivity contribution in [3.05, 3.63) is 64.0 Å². The Kier molecular flexibility index (Phi) is 6.03. The highest BCUT2D eigenvalue weighted by Crippen LogP contribution is 2.36. The lowest BCUT2D eigenvalue weighted by molar-refractivity contribution is 0.539. The summed E-state index contributed by atoms with van der Waals surface area (Å²) in [5.74, 6) is 0.441. The molecule has 1 N–H and O–H groups in total. The third-order valence-electron chi connectivity index (χ3n) is 5.96. The Bertz CT molecular complexity index is 1310. The van der Waals surface area contributed by atoms with Crippen molar-refractivity contribution in [2.24, 2.45) is 0 Å². The van der Waals surface area contributed by atoms with Crippen LogP contribution in [-0.2, 0) is 6.54 Å². The van der Waals surface area contributed by atoms with Crippen molar-refractivity contribution in [3.8, 4) is 11.3 Å². The van der Waals surface area contributed by atoms with E-state index in [1.165, 1.54) is 6.07 Å². The Balaban J connectivity index is 1.72. The zero-order chi connectivity index (χ0) is 23.1. The summed E-state index contributed by atoms with van der Waals surface area (Å²) in [6, 6.07) is 10.9. The summed E-state index contributed by atoms with van der Waals surface area (Å²) >= 11 is 12.7. The van der Waals surface area contributed by atoms with Crippen molar-refractivity contribution in [3.63, 3.8) is 0 Å². The first kappa shape index (κ1) is 22.2. The fourth-order valence-corrected chi connectivity index (χ4v) is 4.81. The molecule has 33 heavy (non-hydrogen) atoms. The maximum absolute atomic E-state index is 13.8. The number of hydrogen-bond acceptors (Lipinski definition) is 4. The van der Waals surface area contributed by atoms with Crippen LogP contribution in [0.25, 0.3) is 22.3 Å². The fraction of sp³-hybridized carbons (Fsp3) is 0.333. The average Bonchev–Trinajstić information content (AvgIpc) is 3.42. The van der Waals surface area contributed by atoms with Gasteiger partial charge in [0, 0.05) is 49.0 Å². The molecule has 1 aliphatic heterocycles. The van der Waals surface area contributed by atoms with E-state index in [4.69, 9.17) is 28.2 Å². The van der Waals surface area contributed by atoms with Gasteiger partial charge in [0.05, 0.1) is 22.8 Å². The van der Waals surface area contributed by atoms with E-state index < -0.39 is 5.82 Å². The van der Waals surface area contributed by atoms with E-state index in [1.54, 1.807) is 18.3 Å². The highest BCUT2D eigenvalue weighted by atomic mass is 35.5. The fourth-order valence-electron chi connectivity index (χ4n) is 4.39. The maximum atomic E-state index is 13.8. The van der Waals surface area contributed by atoms with Gasteiger partial charge in [-0.05, 0) is 49.7 Å². The van der Waals surface area contributed by atoms with Crippen LogP contribution in [0.1, 0.15) is 25.5 Å². The van der Waals surface area contributed by atoms with Gasteiger partial charge in [0.15, 0.2) is 0 Å². The number of halogens is 3. The minimum Gasteiger partial charge on any atom is -0.340 e. The summed E-state index contributed by atoms with van der Waals surface area (Å²) in [7, 11) is 0. The van der Waals surface area contributed by atoms with Crippen LogP contribution in [-0.4, -0.2) is 45.5 Å². The third-order valence-corrected chi connectivity index (χ3v) is 6.47. The van der Waals surface area contributed by atoms with E-state index in [-0.39, 0.29) is 11.1 Å². The standard InChI is InChI=1S/C24H25Cl2FN6/c1-15(2)33-21(5-6-29-33)18-12-17(25)13-22-23(18)30-24(31-9-7-28-8-10-31)32(22)14-16-3-4-20(27)19(26)11-16/h3-6,11-13,15,28H,7-10,14H2,1-2H3. The van der Waals surface area contributed by atoms with Gasteiger partial charge >= 0.3 is 0 Å². The molecule has 0 aliphatic carbocycles. The molecule has 0 spiro atoms. The molecule has 172 valence electrons. The summed E-state index contributed by atoms with van der Waals surface area (Å²) < 4.78 is 17.9. The van der Waals surface area contributed by atoms with Crippen molar-refractivity contribution in [2.75, 3.05) is 31.1 Å². The molecular formula is C24H25Cl2FN6. The molecule has 0 bridgehead atoms. The molecule has 5 rings (SSSR count). The number of nitrogens with zero attached hydrogens (tertiary/aromatic N) is 5. The number of anilines is 1. The van der Waals surface area contributed by atoms with Gasteiger partial charge in [-0.2, -0.15) is 5.10 Å². The normalized spacial score (nSPS) is 14.5. The molecule has 6 nitrogen and oxygen atoms in total. The van der Waals surface area contributed by atoms with Crippen molar-refractivity contribution >= 4 is 40.2 Å². The second-order valence-electron chi connectivity index (χ2n) is 8.56. The van der Waals surface area contributed by atoms with E-state index in [2.05, 4.69) is 33.7 Å². The predicted octanol–water partition coefficient (Wildman–Crippen LogP) is 5.38. The van der Waals surface area contributed by atoms with Crippen molar-refractivity contribution < 1.29 is 4.39 Å². The first-order chi connectivity index (χ1) is 15.9. The number of fused-ring (bicyclic) bond motifs is 1. The van der Waals surface area contributed by atoms with Gasteiger partial charge in [0.1, 0.15) is 11.3 Å². The smallest absolute Gasteiger partial charge is 0.206 e. The Hall–Kier alpha value is -2.61. The molecule has 0 saturated carbocycles. The van der Waals surface area contributed by atoms with Gasteiger partial charge in [-0.15, -0.1) is 0 Å². The number of benzene rings is 2. The van der Waals surface area contributed by atoms with Crippen LogP contribution in [0.2, 0.25) is 10.0 Å². The molecule has 2 aromatic heterocycles. The lowest BCUT2D eigenvalue weighted by Gasteiger charge is -2.29. The molecular weight excluding hydrogens is 462 g/mol. The largest absolute Gasteiger partial charge is 0.340 e.